The van der Waals surface area contributed by atoms with Gasteiger partial charge in [-0.05, 0) is 36.2 Å². The quantitative estimate of drug-likeness (QED) is 0.635. The van der Waals surface area contributed by atoms with Crippen LogP contribution in [-0.2, 0) is 0 Å². The van der Waals surface area contributed by atoms with E-state index in [1.165, 1.54) is 12.8 Å². The lowest BCUT2D eigenvalue weighted by Gasteiger charge is -2.09. The lowest BCUT2D eigenvalue weighted by molar-refractivity contribution is 0.305. The van der Waals surface area contributed by atoms with Crippen molar-refractivity contribution in [1.82, 2.24) is 0 Å². The number of halogens is 2. The van der Waals surface area contributed by atoms with Crippen LogP contribution in [0.15, 0.2) is 36.4 Å². The predicted octanol–water partition coefficient (Wildman–Crippen LogP) is 5.46. The van der Waals surface area contributed by atoms with Gasteiger partial charge in [-0.2, -0.15) is 5.26 Å². The molecule has 23 heavy (non-hydrogen) atoms. The molecular formula is C19H19F2NO. The first-order chi connectivity index (χ1) is 11.2. The second kappa shape index (κ2) is 8.28. The fourth-order valence-electron chi connectivity index (χ4n) is 2.35. The molecule has 4 heteroatoms. The number of hydrogen-bond donors (Lipinski definition) is 0. The summed E-state index contributed by atoms with van der Waals surface area (Å²) in [6.07, 6.45) is 4.50. The number of nitrogens with zero attached hydrogens (tertiary/aromatic N) is 1. The van der Waals surface area contributed by atoms with E-state index in [4.69, 9.17) is 10.00 Å². The highest BCUT2D eigenvalue weighted by Crippen LogP contribution is 2.28. The normalized spacial score (nSPS) is 10.3. The van der Waals surface area contributed by atoms with Crippen molar-refractivity contribution in [2.45, 2.75) is 32.6 Å². The van der Waals surface area contributed by atoms with Gasteiger partial charge >= 0.3 is 0 Å². The topological polar surface area (TPSA) is 33.0 Å². The third kappa shape index (κ3) is 4.53. The minimum absolute atomic E-state index is 0.0317. The molecule has 0 bridgehead atoms. The van der Waals surface area contributed by atoms with Gasteiger partial charge in [0.25, 0.3) is 0 Å². The fourth-order valence-corrected chi connectivity index (χ4v) is 2.35. The molecule has 0 fully saturated rings. The van der Waals surface area contributed by atoms with Gasteiger partial charge in [0, 0.05) is 0 Å². The van der Waals surface area contributed by atoms with Crippen LogP contribution in [0.5, 0.6) is 5.75 Å². The highest BCUT2D eigenvalue weighted by atomic mass is 19.1. The summed E-state index contributed by atoms with van der Waals surface area (Å²) in [5, 5.41) is 8.72. The van der Waals surface area contributed by atoms with Crippen LogP contribution < -0.4 is 4.74 Å². The van der Waals surface area contributed by atoms with Gasteiger partial charge < -0.3 is 4.74 Å². The molecule has 0 radical (unpaired) electrons. The van der Waals surface area contributed by atoms with E-state index in [-0.39, 0.29) is 11.1 Å². The summed E-state index contributed by atoms with van der Waals surface area (Å²) in [5.74, 6) is -0.802. The number of nitriles is 1. The molecule has 0 N–H and O–H groups in total. The highest BCUT2D eigenvalue weighted by Gasteiger charge is 2.13. The number of benzene rings is 2. The smallest absolute Gasteiger partial charge is 0.135 e. The Balaban J connectivity index is 2.07. The van der Waals surface area contributed by atoms with Crippen LogP contribution in [0.3, 0.4) is 0 Å². The van der Waals surface area contributed by atoms with E-state index in [0.717, 1.165) is 25.0 Å². The Morgan fingerprint density at radius 2 is 1.65 bits per heavy atom. The molecule has 2 aromatic rings. The van der Waals surface area contributed by atoms with Crippen LogP contribution in [0.25, 0.3) is 11.1 Å². The largest absolute Gasteiger partial charge is 0.494 e. The molecule has 0 aliphatic rings. The zero-order valence-corrected chi connectivity index (χ0v) is 13.1. The van der Waals surface area contributed by atoms with Gasteiger partial charge in [-0.25, -0.2) is 8.78 Å². The summed E-state index contributed by atoms with van der Waals surface area (Å²) in [6, 6.07) is 10.5. The van der Waals surface area contributed by atoms with Crippen molar-refractivity contribution in [3.63, 3.8) is 0 Å². The van der Waals surface area contributed by atoms with Gasteiger partial charge in [-0.3, -0.25) is 0 Å². The Hall–Kier alpha value is -2.41. The number of unbranched alkanes of at least 4 members (excludes halogenated alkanes) is 3. The van der Waals surface area contributed by atoms with Gasteiger partial charge in [0.2, 0.25) is 0 Å². The molecule has 0 aliphatic carbocycles. The maximum atomic E-state index is 14.0. The standard InChI is InChI=1S/C19H19F2NO/c1-2-3-4-5-10-23-16-8-6-15(7-9-16)19-17(20)11-14(13-22)12-18(19)21/h6-9,11-12H,2-5,10H2,1H3. The Labute approximate surface area is 135 Å². The molecule has 120 valence electrons. The molecule has 2 aromatic carbocycles. The number of ether oxygens (including phenoxy) is 1. The molecule has 0 spiro atoms. The molecule has 0 unspecified atom stereocenters. The van der Waals surface area contributed by atoms with Crippen LogP contribution in [0, 0.1) is 23.0 Å². The van der Waals surface area contributed by atoms with Crippen LogP contribution in [0.1, 0.15) is 38.2 Å². The summed E-state index contributed by atoms with van der Waals surface area (Å²) in [5.41, 5.74) is 0.261. The second-order valence-corrected chi connectivity index (χ2v) is 5.36. The van der Waals surface area contributed by atoms with E-state index in [1.807, 2.05) is 0 Å². The summed E-state index contributed by atoms with van der Waals surface area (Å²) in [7, 11) is 0. The van der Waals surface area contributed by atoms with Gasteiger partial charge in [-0.15, -0.1) is 0 Å². The van der Waals surface area contributed by atoms with Crippen LogP contribution >= 0.6 is 0 Å². The molecule has 0 aliphatic heterocycles. The van der Waals surface area contributed by atoms with Crippen molar-refractivity contribution >= 4 is 0 Å². The molecule has 2 nitrogen and oxygen atoms in total. The molecular weight excluding hydrogens is 296 g/mol. The summed E-state index contributed by atoms with van der Waals surface area (Å²) >= 11 is 0. The Morgan fingerprint density at radius 1 is 1.00 bits per heavy atom. The van der Waals surface area contributed by atoms with Crippen molar-refractivity contribution in [3.8, 4) is 22.9 Å². The monoisotopic (exact) mass is 315 g/mol. The van der Waals surface area contributed by atoms with Gasteiger partial charge in [0.1, 0.15) is 17.4 Å². The Bertz CT molecular complexity index is 667. The van der Waals surface area contributed by atoms with Crippen LogP contribution in [0.2, 0.25) is 0 Å². The predicted molar refractivity (Wildman–Crippen MR) is 86.1 cm³/mol. The zero-order valence-electron chi connectivity index (χ0n) is 13.1. The summed E-state index contributed by atoms with van der Waals surface area (Å²) in [6.45, 7) is 2.79. The van der Waals surface area contributed by atoms with Gasteiger partial charge in [-0.1, -0.05) is 38.3 Å². The van der Waals surface area contributed by atoms with Crippen molar-refractivity contribution in [3.05, 3.63) is 53.6 Å². The van der Waals surface area contributed by atoms with Crippen molar-refractivity contribution in [2.24, 2.45) is 0 Å². The summed E-state index contributed by atoms with van der Waals surface area (Å²) in [4.78, 5) is 0. The zero-order chi connectivity index (χ0) is 16.7. The van der Waals surface area contributed by atoms with E-state index in [1.54, 1.807) is 30.3 Å². The average molecular weight is 315 g/mol. The molecule has 0 saturated carbocycles. The molecule has 0 aromatic heterocycles. The van der Waals surface area contributed by atoms with E-state index < -0.39 is 11.6 Å². The minimum atomic E-state index is -0.741. The second-order valence-electron chi connectivity index (χ2n) is 5.36. The first-order valence-electron chi connectivity index (χ1n) is 7.78. The Kier molecular flexibility index (Phi) is 6.10. The van der Waals surface area contributed by atoms with E-state index in [0.29, 0.717) is 17.9 Å². The summed E-state index contributed by atoms with van der Waals surface area (Å²) < 4.78 is 33.6. The van der Waals surface area contributed by atoms with Crippen LogP contribution in [0.4, 0.5) is 8.78 Å². The molecule has 0 saturated heterocycles. The number of rotatable bonds is 7. The molecule has 0 atom stereocenters. The van der Waals surface area contributed by atoms with E-state index >= 15 is 0 Å². The van der Waals surface area contributed by atoms with Crippen LogP contribution in [-0.4, -0.2) is 6.61 Å². The highest BCUT2D eigenvalue weighted by molar-refractivity contribution is 5.66. The maximum absolute atomic E-state index is 14.0. The Morgan fingerprint density at radius 3 is 2.22 bits per heavy atom. The van der Waals surface area contributed by atoms with Crippen molar-refractivity contribution in [1.29, 1.82) is 5.26 Å². The lowest BCUT2D eigenvalue weighted by atomic mass is 10.0. The molecule has 2 rings (SSSR count). The maximum Gasteiger partial charge on any atom is 0.135 e. The molecule has 0 heterocycles. The van der Waals surface area contributed by atoms with Crippen molar-refractivity contribution < 1.29 is 13.5 Å². The third-order valence-corrected chi connectivity index (χ3v) is 3.58. The van der Waals surface area contributed by atoms with Gasteiger partial charge in [0.05, 0.1) is 23.8 Å². The average Bonchev–Trinajstić information content (AvgIpc) is 2.55. The molecule has 0 amide bonds. The number of hydrogen-bond acceptors (Lipinski definition) is 2. The third-order valence-electron chi connectivity index (χ3n) is 3.58. The van der Waals surface area contributed by atoms with E-state index in [2.05, 4.69) is 6.92 Å². The SMILES string of the molecule is CCCCCCOc1ccc(-c2c(F)cc(C#N)cc2F)cc1. The van der Waals surface area contributed by atoms with Crippen molar-refractivity contribution in [2.75, 3.05) is 6.61 Å². The fraction of sp³-hybridized carbons (Fsp3) is 0.316. The lowest BCUT2D eigenvalue weighted by Crippen LogP contribution is -1.97. The van der Waals surface area contributed by atoms with Gasteiger partial charge in [0.15, 0.2) is 0 Å². The first-order valence-corrected chi connectivity index (χ1v) is 7.78. The van der Waals surface area contributed by atoms with E-state index in [9.17, 15) is 8.78 Å². The first kappa shape index (κ1) is 17.0. The minimum Gasteiger partial charge on any atom is -0.494 e.